The maximum absolute atomic E-state index is 12.4. The summed E-state index contributed by atoms with van der Waals surface area (Å²) >= 11 is 11.8. The number of alkyl halides is 2. The number of ether oxygens (including phenoxy) is 2. The molecule has 8 heteroatoms. The zero-order valence-electron chi connectivity index (χ0n) is 13.9. The summed E-state index contributed by atoms with van der Waals surface area (Å²) in [6, 6.07) is 0. The number of aryl methyl sites for hydroxylation is 1. The molecule has 1 atom stereocenters. The average molecular weight is 376 g/mol. The zero-order valence-corrected chi connectivity index (χ0v) is 15.4. The molecule has 1 N–H and O–H groups in total. The normalized spacial score (nSPS) is 21.2. The number of carbonyl (C=O) groups is 3. The topological polar surface area (TPSA) is 85.5 Å². The number of rotatable bonds is 6. The number of carbonyl (C=O) groups excluding carboxylic acids is 3. The lowest BCUT2D eigenvalue weighted by Gasteiger charge is -2.11. The minimum Gasteiger partial charge on any atom is -0.461 e. The fourth-order valence-corrected chi connectivity index (χ4v) is 3.25. The minimum absolute atomic E-state index is 0.221. The van der Waals surface area contributed by atoms with Crippen molar-refractivity contribution in [1.29, 1.82) is 0 Å². The first kappa shape index (κ1) is 18.8. The molecule has 0 amide bonds. The van der Waals surface area contributed by atoms with Gasteiger partial charge in [-0.1, -0.05) is 0 Å². The summed E-state index contributed by atoms with van der Waals surface area (Å²) in [5, 5.41) is 0. The molecule has 2 rings (SSSR count). The number of aromatic amines is 1. The Labute approximate surface area is 149 Å². The first-order chi connectivity index (χ1) is 11.0. The van der Waals surface area contributed by atoms with Gasteiger partial charge in [0.1, 0.15) is 15.4 Å². The lowest BCUT2D eigenvalue weighted by atomic mass is 10.1. The smallest absolute Gasteiger partial charge is 0.355 e. The molecule has 0 radical (unpaired) electrons. The summed E-state index contributed by atoms with van der Waals surface area (Å²) < 4.78 is 8.85. The first-order valence-corrected chi connectivity index (χ1v) is 8.25. The summed E-state index contributed by atoms with van der Waals surface area (Å²) in [5.74, 6) is -1.56. The Morgan fingerprint density at radius 3 is 2.29 bits per heavy atom. The molecule has 0 bridgehead atoms. The van der Waals surface area contributed by atoms with Gasteiger partial charge in [0.2, 0.25) is 5.78 Å². The van der Waals surface area contributed by atoms with Gasteiger partial charge in [-0.2, -0.15) is 0 Å². The number of aromatic nitrogens is 1. The second-order valence-electron chi connectivity index (χ2n) is 6.06. The van der Waals surface area contributed by atoms with Crippen molar-refractivity contribution in [1.82, 2.24) is 4.98 Å². The second kappa shape index (κ2) is 6.41. The van der Waals surface area contributed by atoms with E-state index in [1.165, 1.54) is 0 Å². The Morgan fingerprint density at radius 2 is 1.79 bits per heavy atom. The van der Waals surface area contributed by atoms with Gasteiger partial charge in [-0.25, -0.2) is 4.79 Å². The van der Waals surface area contributed by atoms with Gasteiger partial charge in [0.25, 0.3) is 0 Å². The van der Waals surface area contributed by atoms with Crippen LogP contribution in [0.5, 0.6) is 0 Å². The Balaban J connectivity index is 2.08. The molecule has 1 aliphatic carbocycles. The van der Waals surface area contributed by atoms with Crippen LogP contribution in [0.1, 0.15) is 52.4 Å². The highest BCUT2D eigenvalue weighted by molar-refractivity contribution is 6.53. The fourth-order valence-electron chi connectivity index (χ4n) is 2.56. The first-order valence-electron chi connectivity index (χ1n) is 7.49. The Morgan fingerprint density at radius 1 is 1.21 bits per heavy atom. The van der Waals surface area contributed by atoms with Crippen molar-refractivity contribution in [2.24, 2.45) is 5.41 Å². The van der Waals surface area contributed by atoms with E-state index in [4.69, 9.17) is 32.7 Å². The lowest BCUT2D eigenvalue weighted by Crippen LogP contribution is -2.24. The van der Waals surface area contributed by atoms with Crippen LogP contribution < -0.4 is 0 Å². The molecule has 24 heavy (non-hydrogen) atoms. The van der Waals surface area contributed by atoms with Gasteiger partial charge in [0.15, 0.2) is 6.61 Å². The van der Waals surface area contributed by atoms with Crippen LogP contribution in [-0.2, 0) is 14.3 Å². The minimum atomic E-state index is -1.15. The van der Waals surface area contributed by atoms with Gasteiger partial charge in [0, 0.05) is 17.7 Å². The third-order valence-electron chi connectivity index (χ3n) is 4.24. The van der Waals surface area contributed by atoms with E-state index in [9.17, 15) is 14.4 Å². The van der Waals surface area contributed by atoms with E-state index in [1.807, 2.05) is 0 Å². The van der Waals surface area contributed by atoms with Gasteiger partial charge < -0.3 is 14.5 Å². The predicted molar refractivity (Wildman–Crippen MR) is 88.7 cm³/mol. The number of ketones is 1. The van der Waals surface area contributed by atoms with Crippen molar-refractivity contribution in [3.05, 3.63) is 22.5 Å². The molecule has 1 heterocycles. The molecule has 1 aromatic rings. The standard InChI is InChI=1S/C16H19Cl2NO5/c1-5-23-13(21)12-8(2)11(9(3)19-12)10(20)6-24-14(22)15(4)7-16(15,17)18/h19H,5-7H2,1-4H3/t15-/m0/s1. The van der Waals surface area contributed by atoms with Gasteiger partial charge >= 0.3 is 11.9 Å². The van der Waals surface area contributed by atoms with Crippen molar-refractivity contribution in [2.45, 2.75) is 38.4 Å². The molecule has 1 fully saturated rings. The van der Waals surface area contributed by atoms with Crippen LogP contribution >= 0.6 is 23.2 Å². The number of esters is 2. The molecule has 0 unspecified atom stereocenters. The SMILES string of the molecule is CCOC(=O)c1[nH]c(C)c(C(=O)COC(=O)[C@]2(C)CC2(Cl)Cl)c1C. The van der Waals surface area contributed by atoms with Crippen LogP contribution in [0.25, 0.3) is 0 Å². The molecule has 0 aliphatic heterocycles. The van der Waals surface area contributed by atoms with Crippen molar-refractivity contribution in [3.8, 4) is 0 Å². The van der Waals surface area contributed by atoms with Gasteiger partial charge in [-0.15, -0.1) is 23.2 Å². The molecule has 1 aliphatic rings. The zero-order chi connectivity index (χ0) is 18.3. The summed E-state index contributed by atoms with van der Waals surface area (Å²) in [5.41, 5.74) is 0.523. The van der Waals surface area contributed by atoms with Crippen LogP contribution in [0.2, 0.25) is 0 Å². The highest BCUT2D eigenvalue weighted by Crippen LogP contribution is 2.64. The number of hydrogen-bond donors (Lipinski definition) is 1. The molecule has 1 saturated carbocycles. The summed E-state index contributed by atoms with van der Waals surface area (Å²) in [6.07, 6.45) is 0.283. The fraction of sp³-hybridized carbons (Fsp3) is 0.562. The van der Waals surface area contributed by atoms with Crippen LogP contribution in [0, 0.1) is 19.3 Å². The molecule has 0 saturated heterocycles. The summed E-state index contributed by atoms with van der Waals surface area (Å²) in [4.78, 5) is 39.1. The van der Waals surface area contributed by atoms with Crippen LogP contribution in [0.15, 0.2) is 0 Å². The van der Waals surface area contributed by atoms with Crippen molar-refractivity contribution in [3.63, 3.8) is 0 Å². The average Bonchev–Trinajstić information content (AvgIpc) is 2.85. The van der Waals surface area contributed by atoms with Gasteiger partial charge in [0.05, 0.1) is 6.61 Å². The van der Waals surface area contributed by atoms with Crippen LogP contribution in [0.4, 0.5) is 0 Å². The molecular formula is C16H19Cl2NO5. The van der Waals surface area contributed by atoms with E-state index in [0.29, 0.717) is 16.8 Å². The van der Waals surface area contributed by atoms with E-state index in [2.05, 4.69) is 4.98 Å². The van der Waals surface area contributed by atoms with E-state index < -0.39 is 34.1 Å². The van der Waals surface area contributed by atoms with Crippen LogP contribution in [-0.4, -0.2) is 40.3 Å². The summed E-state index contributed by atoms with van der Waals surface area (Å²) in [7, 11) is 0. The molecule has 132 valence electrons. The van der Waals surface area contributed by atoms with Gasteiger partial charge in [-0.05, 0) is 33.3 Å². The maximum Gasteiger partial charge on any atom is 0.355 e. The third kappa shape index (κ3) is 3.17. The Hall–Kier alpha value is -1.53. The predicted octanol–water partition coefficient (Wildman–Crippen LogP) is 3.12. The quantitative estimate of drug-likeness (QED) is 0.468. The van der Waals surface area contributed by atoms with Crippen molar-refractivity contribution >= 4 is 40.9 Å². The third-order valence-corrected chi connectivity index (χ3v) is 5.34. The Kier molecular flexibility index (Phi) is 5.02. The summed E-state index contributed by atoms with van der Waals surface area (Å²) in [6.45, 7) is 6.37. The van der Waals surface area contributed by atoms with Crippen molar-refractivity contribution < 1.29 is 23.9 Å². The lowest BCUT2D eigenvalue weighted by molar-refractivity contribution is -0.148. The monoisotopic (exact) mass is 375 g/mol. The van der Waals surface area contributed by atoms with E-state index in [0.717, 1.165) is 0 Å². The number of nitrogens with one attached hydrogen (secondary N) is 1. The van der Waals surface area contributed by atoms with Crippen LogP contribution in [0.3, 0.4) is 0 Å². The van der Waals surface area contributed by atoms with E-state index in [1.54, 1.807) is 27.7 Å². The van der Waals surface area contributed by atoms with E-state index >= 15 is 0 Å². The molecule has 0 aromatic carbocycles. The molecule has 6 nitrogen and oxygen atoms in total. The maximum atomic E-state index is 12.4. The highest BCUT2D eigenvalue weighted by Gasteiger charge is 2.69. The van der Waals surface area contributed by atoms with Crippen molar-refractivity contribution in [2.75, 3.05) is 13.2 Å². The number of Topliss-reactive ketones (excluding diaryl/α,β-unsaturated/α-hetero) is 1. The number of hydrogen-bond acceptors (Lipinski definition) is 5. The van der Waals surface area contributed by atoms with Gasteiger partial charge in [-0.3, -0.25) is 9.59 Å². The molecular weight excluding hydrogens is 357 g/mol. The Bertz CT molecular complexity index is 710. The second-order valence-corrected chi connectivity index (χ2v) is 7.54. The number of halogens is 2. The number of H-pyrrole nitrogens is 1. The molecule has 0 spiro atoms. The molecule has 1 aromatic heterocycles. The highest BCUT2D eigenvalue weighted by atomic mass is 35.5. The van der Waals surface area contributed by atoms with E-state index in [-0.39, 0.29) is 18.7 Å². The largest absolute Gasteiger partial charge is 0.461 e.